The number of hydrogen-bond acceptors (Lipinski definition) is 3. The summed E-state index contributed by atoms with van der Waals surface area (Å²) >= 11 is 0. The predicted octanol–water partition coefficient (Wildman–Crippen LogP) is 2.54. The second kappa shape index (κ2) is 6.92. The standard InChI is InChI=1S/C17H27N3O2/c1-16(2,3)18-11-14(21)19-13-9-7-12(8-10-13)15(22)20-17(4,5)6/h7-10,18H,11H2,1-6H3,(H,19,21)(H,20,22). The highest BCUT2D eigenvalue weighted by Crippen LogP contribution is 2.11. The summed E-state index contributed by atoms with van der Waals surface area (Å²) in [5, 5.41) is 8.81. The molecule has 0 heterocycles. The van der Waals surface area contributed by atoms with Crippen molar-refractivity contribution in [1.29, 1.82) is 0 Å². The van der Waals surface area contributed by atoms with Crippen LogP contribution in [-0.2, 0) is 4.79 Å². The molecule has 0 radical (unpaired) electrons. The second-order valence-electron chi connectivity index (χ2n) is 7.43. The first-order chi connectivity index (χ1) is 9.96. The summed E-state index contributed by atoms with van der Waals surface area (Å²) in [6.45, 7) is 12.1. The number of anilines is 1. The van der Waals surface area contributed by atoms with Crippen LogP contribution in [0.1, 0.15) is 51.9 Å². The Hall–Kier alpha value is -1.88. The Kier molecular flexibility index (Phi) is 5.72. The Bertz CT molecular complexity index is 522. The number of rotatable bonds is 4. The quantitative estimate of drug-likeness (QED) is 0.800. The third kappa shape index (κ3) is 7.22. The molecule has 0 aliphatic carbocycles. The first-order valence-corrected chi connectivity index (χ1v) is 7.44. The highest BCUT2D eigenvalue weighted by Gasteiger charge is 2.15. The summed E-state index contributed by atoms with van der Waals surface area (Å²) in [4.78, 5) is 23.8. The molecule has 0 saturated heterocycles. The van der Waals surface area contributed by atoms with E-state index in [1.807, 2.05) is 41.5 Å². The van der Waals surface area contributed by atoms with E-state index < -0.39 is 0 Å². The van der Waals surface area contributed by atoms with Crippen LogP contribution in [0.5, 0.6) is 0 Å². The average molecular weight is 305 g/mol. The van der Waals surface area contributed by atoms with Crippen molar-refractivity contribution in [2.24, 2.45) is 0 Å². The molecule has 1 aromatic rings. The van der Waals surface area contributed by atoms with Gasteiger partial charge in [0, 0.05) is 22.3 Å². The van der Waals surface area contributed by atoms with Crippen molar-refractivity contribution in [3.05, 3.63) is 29.8 Å². The molecule has 122 valence electrons. The van der Waals surface area contributed by atoms with E-state index in [2.05, 4.69) is 16.0 Å². The van der Waals surface area contributed by atoms with Crippen molar-refractivity contribution >= 4 is 17.5 Å². The lowest BCUT2D eigenvalue weighted by Gasteiger charge is -2.21. The van der Waals surface area contributed by atoms with Gasteiger partial charge in [-0.1, -0.05) is 0 Å². The van der Waals surface area contributed by atoms with Crippen LogP contribution in [0.2, 0.25) is 0 Å². The molecule has 0 atom stereocenters. The van der Waals surface area contributed by atoms with Crippen molar-refractivity contribution in [2.45, 2.75) is 52.6 Å². The fourth-order valence-corrected chi connectivity index (χ4v) is 1.67. The van der Waals surface area contributed by atoms with E-state index in [0.29, 0.717) is 11.3 Å². The van der Waals surface area contributed by atoms with Gasteiger partial charge in [0.25, 0.3) is 5.91 Å². The lowest BCUT2D eigenvalue weighted by molar-refractivity contribution is -0.115. The highest BCUT2D eigenvalue weighted by atomic mass is 16.2. The van der Waals surface area contributed by atoms with E-state index in [9.17, 15) is 9.59 Å². The van der Waals surface area contributed by atoms with Crippen molar-refractivity contribution in [2.75, 3.05) is 11.9 Å². The molecule has 0 bridgehead atoms. The number of benzene rings is 1. The number of amides is 2. The second-order valence-corrected chi connectivity index (χ2v) is 7.43. The van der Waals surface area contributed by atoms with E-state index in [0.717, 1.165) is 0 Å². The Labute approximate surface area is 132 Å². The zero-order chi connectivity index (χ0) is 17.0. The summed E-state index contributed by atoms with van der Waals surface area (Å²) in [5.74, 6) is -0.235. The van der Waals surface area contributed by atoms with E-state index in [1.165, 1.54) is 0 Å². The van der Waals surface area contributed by atoms with Gasteiger partial charge in [0.05, 0.1) is 6.54 Å². The van der Waals surface area contributed by atoms with E-state index in [4.69, 9.17) is 0 Å². The molecule has 0 spiro atoms. The largest absolute Gasteiger partial charge is 0.347 e. The van der Waals surface area contributed by atoms with Gasteiger partial charge in [-0.25, -0.2) is 0 Å². The van der Waals surface area contributed by atoms with Crippen LogP contribution in [0.4, 0.5) is 5.69 Å². The van der Waals surface area contributed by atoms with Crippen LogP contribution in [0, 0.1) is 0 Å². The van der Waals surface area contributed by atoms with Crippen molar-refractivity contribution in [3.63, 3.8) is 0 Å². The van der Waals surface area contributed by atoms with Gasteiger partial charge in [0.2, 0.25) is 5.91 Å². The van der Waals surface area contributed by atoms with Crippen LogP contribution in [0.15, 0.2) is 24.3 Å². The fraction of sp³-hybridized carbons (Fsp3) is 0.529. The fourth-order valence-electron chi connectivity index (χ4n) is 1.67. The number of carbonyl (C=O) groups is 2. The molecule has 0 aromatic heterocycles. The Morgan fingerprint density at radius 2 is 1.45 bits per heavy atom. The van der Waals surface area contributed by atoms with Gasteiger partial charge in [-0.3, -0.25) is 9.59 Å². The predicted molar refractivity (Wildman–Crippen MR) is 90.0 cm³/mol. The zero-order valence-electron chi connectivity index (χ0n) is 14.3. The normalized spacial score (nSPS) is 11.9. The third-order valence-corrected chi connectivity index (χ3v) is 2.70. The van der Waals surface area contributed by atoms with E-state index in [1.54, 1.807) is 24.3 Å². The van der Waals surface area contributed by atoms with Crippen molar-refractivity contribution in [1.82, 2.24) is 10.6 Å². The molecule has 2 amide bonds. The van der Waals surface area contributed by atoms with Crippen LogP contribution in [-0.4, -0.2) is 29.4 Å². The van der Waals surface area contributed by atoms with Gasteiger partial charge in [-0.15, -0.1) is 0 Å². The molecule has 0 fully saturated rings. The minimum Gasteiger partial charge on any atom is -0.347 e. The molecule has 5 nitrogen and oxygen atoms in total. The molecule has 0 aliphatic rings. The lowest BCUT2D eigenvalue weighted by Crippen LogP contribution is -2.41. The Balaban J connectivity index is 2.58. The number of hydrogen-bond donors (Lipinski definition) is 3. The van der Waals surface area contributed by atoms with Crippen molar-refractivity contribution in [3.8, 4) is 0 Å². The van der Waals surface area contributed by atoms with Crippen LogP contribution in [0.25, 0.3) is 0 Å². The minimum absolute atomic E-state index is 0.105. The van der Waals surface area contributed by atoms with Gasteiger partial charge in [-0.2, -0.15) is 0 Å². The lowest BCUT2D eigenvalue weighted by atomic mass is 10.1. The Morgan fingerprint density at radius 3 is 1.91 bits per heavy atom. The topological polar surface area (TPSA) is 70.2 Å². The molecular formula is C17H27N3O2. The minimum atomic E-state index is -0.275. The number of nitrogens with one attached hydrogen (secondary N) is 3. The SMILES string of the molecule is CC(C)(C)NCC(=O)Nc1ccc(C(=O)NC(C)(C)C)cc1. The van der Waals surface area contributed by atoms with Gasteiger partial charge in [-0.05, 0) is 65.8 Å². The molecular weight excluding hydrogens is 278 g/mol. The van der Waals surface area contributed by atoms with Gasteiger partial charge in [0.1, 0.15) is 0 Å². The molecule has 0 unspecified atom stereocenters. The van der Waals surface area contributed by atoms with E-state index >= 15 is 0 Å². The molecule has 1 aromatic carbocycles. The molecule has 3 N–H and O–H groups in total. The van der Waals surface area contributed by atoms with Crippen LogP contribution >= 0.6 is 0 Å². The third-order valence-electron chi connectivity index (χ3n) is 2.70. The zero-order valence-corrected chi connectivity index (χ0v) is 14.3. The maximum absolute atomic E-state index is 12.0. The average Bonchev–Trinajstić information content (AvgIpc) is 2.34. The van der Waals surface area contributed by atoms with E-state index in [-0.39, 0.29) is 29.4 Å². The molecule has 22 heavy (non-hydrogen) atoms. The summed E-state index contributed by atoms with van der Waals surface area (Å²) < 4.78 is 0. The molecule has 1 rings (SSSR count). The first-order valence-electron chi connectivity index (χ1n) is 7.44. The molecule has 0 aliphatic heterocycles. The smallest absolute Gasteiger partial charge is 0.251 e. The van der Waals surface area contributed by atoms with Crippen molar-refractivity contribution < 1.29 is 9.59 Å². The van der Waals surface area contributed by atoms with Crippen LogP contribution < -0.4 is 16.0 Å². The monoisotopic (exact) mass is 305 g/mol. The maximum atomic E-state index is 12.0. The summed E-state index contributed by atoms with van der Waals surface area (Å²) in [6, 6.07) is 6.86. The molecule has 5 heteroatoms. The van der Waals surface area contributed by atoms with Gasteiger partial charge >= 0.3 is 0 Å². The Morgan fingerprint density at radius 1 is 0.909 bits per heavy atom. The maximum Gasteiger partial charge on any atom is 0.251 e. The molecule has 0 saturated carbocycles. The summed E-state index contributed by atoms with van der Waals surface area (Å²) in [5.41, 5.74) is 0.864. The number of carbonyl (C=O) groups excluding carboxylic acids is 2. The van der Waals surface area contributed by atoms with Crippen LogP contribution in [0.3, 0.4) is 0 Å². The van der Waals surface area contributed by atoms with Gasteiger partial charge < -0.3 is 16.0 Å². The summed E-state index contributed by atoms with van der Waals surface area (Å²) in [6.07, 6.45) is 0. The first kappa shape index (κ1) is 18.2. The summed E-state index contributed by atoms with van der Waals surface area (Å²) in [7, 11) is 0. The van der Waals surface area contributed by atoms with Gasteiger partial charge in [0.15, 0.2) is 0 Å². The highest BCUT2D eigenvalue weighted by molar-refractivity contribution is 5.96.